The van der Waals surface area contributed by atoms with Crippen molar-refractivity contribution in [3.05, 3.63) is 29.6 Å². The number of pyridine rings is 1. The lowest BCUT2D eigenvalue weighted by Gasteiger charge is -2.29. The van der Waals surface area contributed by atoms with Gasteiger partial charge in [-0.05, 0) is 30.9 Å². The van der Waals surface area contributed by atoms with Crippen molar-refractivity contribution >= 4 is 11.8 Å². The quantitative estimate of drug-likeness (QED) is 0.912. The number of aryl methyl sites for hydroxylation is 1. The second-order valence-corrected chi connectivity index (χ2v) is 6.63. The first-order chi connectivity index (χ1) is 9.43. The van der Waals surface area contributed by atoms with Gasteiger partial charge in [-0.3, -0.25) is 4.98 Å². The Morgan fingerprint density at radius 2 is 2.26 bits per heavy atom. The van der Waals surface area contributed by atoms with Gasteiger partial charge in [-0.2, -0.15) is 11.8 Å². The Labute approximate surface area is 120 Å². The summed E-state index contributed by atoms with van der Waals surface area (Å²) in [6.07, 6.45) is 5.65. The van der Waals surface area contributed by atoms with E-state index >= 15 is 0 Å². The molecule has 104 valence electrons. The summed E-state index contributed by atoms with van der Waals surface area (Å²) in [7, 11) is 0. The zero-order valence-electron chi connectivity index (χ0n) is 11.5. The molecule has 0 spiro atoms. The minimum absolute atomic E-state index is 0.476. The fourth-order valence-electron chi connectivity index (χ4n) is 3.03. The van der Waals surface area contributed by atoms with E-state index in [9.17, 15) is 0 Å². The van der Waals surface area contributed by atoms with E-state index in [2.05, 4.69) is 39.1 Å². The van der Waals surface area contributed by atoms with Gasteiger partial charge < -0.3 is 10.2 Å². The third-order valence-electron chi connectivity index (χ3n) is 4.12. The lowest BCUT2D eigenvalue weighted by atomic mass is 9.92. The number of hydrogen-bond donors (Lipinski definition) is 1. The summed E-state index contributed by atoms with van der Waals surface area (Å²) in [6.45, 7) is 4.78. The SMILES string of the molecule is c1cnc2c(c1)CCCC2NCCN1CCSCC1. The van der Waals surface area contributed by atoms with Gasteiger partial charge in [0.05, 0.1) is 5.69 Å². The summed E-state index contributed by atoms with van der Waals surface area (Å²) in [4.78, 5) is 7.16. The standard InChI is InChI=1S/C15H23N3S/c1-3-13-4-2-6-17-15(13)14(5-1)16-7-8-18-9-11-19-12-10-18/h2,4,6,14,16H,1,3,5,7-12H2. The molecule has 1 fully saturated rings. The lowest BCUT2D eigenvalue weighted by molar-refractivity contribution is 0.291. The van der Waals surface area contributed by atoms with Gasteiger partial charge >= 0.3 is 0 Å². The van der Waals surface area contributed by atoms with Crippen molar-refractivity contribution < 1.29 is 0 Å². The summed E-state index contributed by atoms with van der Waals surface area (Å²) in [5, 5.41) is 3.71. The molecule has 3 nitrogen and oxygen atoms in total. The monoisotopic (exact) mass is 277 g/mol. The molecule has 1 unspecified atom stereocenters. The van der Waals surface area contributed by atoms with Crippen LogP contribution in [0.3, 0.4) is 0 Å². The molecule has 0 bridgehead atoms. The van der Waals surface area contributed by atoms with Gasteiger partial charge in [0.15, 0.2) is 0 Å². The number of thioether (sulfide) groups is 1. The van der Waals surface area contributed by atoms with Gasteiger partial charge in [0.1, 0.15) is 0 Å². The van der Waals surface area contributed by atoms with Crippen LogP contribution in [-0.4, -0.2) is 47.6 Å². The van der Waals surface area contributed by atoms with Crippen molar-refractivity contribution in [2.24, 2.45) is 0 Å². The first kappa shape index (κ1) is 13.4. The van der Waals surface area contributed by atoms with Gasteiger partial charge in [-0.25, -0.2) is 0 Å². The Balaban J connectivity index is 1.50. The van der Waals surface area contributed by atoms with Crippen LogP contribution < -0.4 is 5.32 Å². The minimum atomic E-state index is 0.476. The Morgan fingerprint density at radius 1 is 1.37 bits per heavy atom. The van der Waals surface area contributed by atoms with Crippen molar-refractivity contribution in [3.63, 3.8) is 0 Å². The molecule has 1 aliphatic carbocycles. The molecule has 3 rings (SSSR count). The van der Waals surface area contributed by atoms with Crippen LogP contribution in [0.4, 0.5) is 0 Å². The second-order valence-electron chi connectivity index (χ2n) is 5.40. The summed E-state index contributed by atoms with van der Waals surface area (Å²) in [5.74, 6) is 2.60. The molecule has 1 aromatic heterocycles. The van der Waals surface area contributed by atoms with E-state index in [4.69, 9.17) is 0 Å². The van der Waals surface area contributed by atoms with Gasteiger partial charge in [0.2, 0.25) is 0 Å². The highest BCUT2D eigenvalue weighted by Gasteiger charge is 2.20. The molecule has 0 saturated carbocycles. The van der Waals surface area contributed by atoms with Crippen molar-refractivity contribution in [3.8, 4) is 0 Å². The van der Waals surface area contributed by atoms with Gasteiger partial charge in [-0.15, -0.1) is 0 Å². The van der Waals surface area contributed by atoms with Crippen LogP contribution in [0.15, 0.2) is 18.3 Å². The summed E-state index contributed by atoms with van der Waals surface area (Å²) in [5.41, 5.74) is 2.74. The molecular formula is C15H23N3S. The van der Waals surface area contributed by atoms with Crippen LogP contribution in [0.2, 0.25) is 0 Å². The summed E-state index contributed by atoms with van der Waals surface area (Å²) < 4.78 is 0. The molecule has 1 atom stereocenters. The average molecular weight is 277 g/mol. The van der Waals surface area contributed by atoms with E-state index in [0.29, 0.717) is 6.04 Å². The highest BCUT2D eigenvalue weighted by Crippen LogP contribution is 2.27. The predicted molar refractivity (Wildman–Crippen MR) is 81.7 cm³/mol. The minimum Gasteiger partial charge on any atom is -0.307 e. The topological polar surface area (TPSA) is 28.2 Å². The molecule has 1 aromatic rings. The molecule has 1 N–H and O–H groups in total. The molecule has 1 saturated heterocycles. The maximum Gasteiger partial charge on any atom is 0.0605 e. The fourth-order valence-corrected chi connectivity index (χ4v) is 4.01. The summed E-state index contributed by atoms with van der Waals surface area (Å²) >= 11 is 2.08. The van der Waals surface area contributed by atoms with Crippen LogP contribution in [-0.2, 0) is 6.42 Å². The Morgan fingerprint density at radius 3 is 3.16 bits per heavy atom. The Kier molecular flexibility index (Phi) is 4.75. The number of nitrogens with zero attached hydrogens (tertiary/aromatic N) is 2. The highest BCUT2D eigenvalue weighted by molar-refractivity contribution is 7.99. The molecular weight excluding hydrogens is 254 g/mol. The van der Waals surface area contributed by atoms with Crippen LogP contribution >= 0.6 is 11.8 Å². The van der Waals surface area contributed by atoms with E-state index in [0.717, 1.165) is 6.54 Å². The largest absolute Gasteiger partial charge is 0.307 e. The Hall–Kier alpha value is -0.580. The number of hydrogen-bond acceptors (Lipinski definition) is 4. The molecule has 0 amide bonds. The van der Waals surface area contributed by atoms with Crippen molar-refractivity contribution in [2.45, 2.75) is 25.3 Å². The van der Waals surface area contributed by atoms with E-state index < -0.39 is 0 Å². The smallest absolute Gasteiger partial charge is 0.0605 e. The van der Waals surface area contributed by atoms with Gasteiger partial charge in [-0.1, -0.05) is 6.07 Å². The average Bonchev–Trinajstić information content (AvgIpc) is 2.49. The molecule has 4 heteroatoms. The number of rotatable bonds is 4. The maximum absolute atomic E-state index is 4.59. The fraction of sp³-hybridized carbons (Fsp3) is 0.667. The van der Waals surface area contributed by atoms with Crippen LogP contribution in [0.1, 0.15) is 30.1 Å². The van der Waals surface area contributed by atoms with Gasteiger partial charge in [0.25, 0.3) is 0 Å². The molecule has 0 radical (unpaired) electrons. The predicted octanol–water partition coefficient (Wildman–Crippen LogP) is 2.10. The van der Waals surface area contributed by atoms with E-state index in [-0.39, 0.29) is 0 Å². The molecule has 0 aromatic carbocycles. The number of fused-ring (bicyclic) bond motifs is 1. The van der Waals surface area contributed by atoms with E-state index in [1.165, 1.54) is 61.7 Å². The van der Waals surface area contributed by atoms with Crippen LogP contribution in [0.25, 0.3) is 0 Å². The second kappa shape index (κ2) is 6.73. The summed E-state index contributed by atoms with van der Waals surface area (Å²) in [6, 6.07) is 4.77. The molecule has 2 aliphatic rings. The highest BCUT2D eigenvalue weighted by atomic mass is 32.2. The third kappa shape index (κ3) is 3.50. The van der Waals surface area contributed by atoms with Crippen molar-refractivity contribution in [2.75, 3.05) is 37.7 Å². The molecule has 2 heterocycles. The Bertz CT molecular complexity index is 404. The maximum atomic E-state index is 4.59. The molecule has 1 aliphatic heterocycles. The first-order valence-corrected chi connectivity index (χ1v) is 8.56. The van der Waals surface area contributed by atoms with Crippen LogP contribution in [0.5, 0.6) is 0 Å². The number of nitrogens with one attached hydrogen (secondary N) is 1. The third-order valence-corrected chi connectivity index (χ3v) is 5.06. The van der Waals surface area contributed by atoms with E-state index in [1.54, 1.807) is 0 Å². The first-order valence-electron chi connectivity index (χ1n) is 7.41. The van der Waals surface area contributed by atoms with Crippen LogP contribution in [0, 0.1) is 0 Å². The zero-order chi connectivity index (χ0) is 12.9. The zero-order valence-corrected chi connectivity index (χ0v) is 12.3. The molecule has 19 heavy (non-hydrogen) atoms. The van der Waals surface area contributed by atoms with Crippen molar-refractivity contribution in [1.82, 2.24) is 15.2 Å². The lowest BCUT2D eigenvalue weighted by Crippen LogP contribution is -2.39. The number of aromatic nitrogens is 1. The van der Waals surface area contributed by atoms with Crippen molar-refractivity contribution in [1.29, 1.82) is 0 Å². The van der Waals surface area contributed by atoms with E-state index in [1.807, 2.05) is 6.20 Å². The van der Waals surface area contributed by atoms with Gasteiger partial charge in [0, 0.05) is 49.9 Å². The normalized spacial score (nSPS) is 24.1.